The minimum atomic E-state index is -3.26. The smallest absolute Gasteiger partial charge is 0.387 e. The summed E-state index contributed by atoms with van der Waals surface area (Å²) in [5.74, 6) is -3.73. The number of carbonyl (C=O) groups excluding carboxylic acids is 3. The van der Waals surface area contributed by atoms with E-state index in [2.05, 4.69) is 32.3 Å². The Balaban J connectivity index is 0.000000267. The van der Waals surface area contributed by atoms with E-state index < -0.39 is 29.6 Å². The summed E-state index contributed by atoms with van der Waals surface area (Å²) < 4.78 is 56.6. The molecule has 0 aliphatic carbocycles. The summed E-state index contributed by atoms with van der Waals surface area (Å²) in [7, 11) is 5.33. The first-order chi connectivity index (χ1) is 24.2. The first-order valence-electron chi connectivity index (χ1n) is 15.6. The van der Waals surface area contributed by atoms with Crippen LogP contribution >= 0.6 is 11.6 Å². The number of nitrogens with one attached hydrogen (secondary N) is 2. The molecule has 2 fully saturated rings. The topological polar surface area (TPSA) is 166 Å². The van der Waals surface area contributed by atoms with Gasteiger partial charge in [0.2, 0.25) is 5.82 Å². The van der Waals surface area contributed by atoms with Crippen molar-refractivity contribution in [3.63, 3.8) is 0 Å². The molecule has 0 saturated carbocycles. The number of carboxylic acid groups (broad SMARTS) is 1. The fourth-order valence-corrected chi connectivity index (χ4v) is 5.24. The summed E-state index contributed by atoms with van der Waals surface area (Å²) >= 11 is 6.15. The highest BCUT2D eigenvalue weighted by atomic mass is 35.5. The summed E-state index contributed by atoms with van der Waals surface area (Å²) in [4.78, 5) is 49.2. The lowest BCUT2D eigenvalue weighted by Crippen LogP contribution is -2.47. The van der Waals surface area contributed by atoms with E-state index in [1.807, 2.05) is 18.0 Å². The van der Waals surface area contributed by atoms with E-state index in [0.29, 0.717) is 29.7 Å². The van der Waals surface area contributed by atoms with Crippen LogP contribution < -0.4 is 15.4 Å². The van der Waals surface area contributed by atoms with Crippen LogP contribution in [0.5, 0.6) is 5.75 Å². The van der Waals surface area contributed by atoms with Crippen LogP contribution in [0.15, 0.2) is 36.5 Å². The molecule has 0 spiro atoms. The number of aromatic nitrogens is 2. The lowest BCUT2D eigenvalue weighted by Gasteiger charge is -2.32. The Morgan fingerprint density at radius 3 is 2.22 bits per heavy atom. The number of ether oxygens (including phenoxy) is 1. The number of carbonyl (C=O) groups is 4. The van der Waals surface area contributed by atoms with Gasteiger partial charge in [0.1, 0.15) is 6.29 Å². The van der Waals surface area contributed by atoms with E-state index >= 15 is 0 Å². The van der Waals surface area contributed by atoms with E-state index in [1.165, 1.54) is 17.8 Å². The predicted octanol–water partition coefficient (Wildman–Crippen LogP) is 3.94. The van der Waals surface area contributed by atoms with E-state index in [1.54, 1.807) is 12.1 Å². The maximum absolute atomic E-state index is 13.9. The second-order valence-electron chi connectivity index (χ2n) is 11.3. The molecule has 3 heterocycles. The monoisotopic (exact) mass is 744 g/mol. The number of piperazine rings is 1. The molecule has 2 aliphatic heterocycles. The number of aldehydes is 2. The maximum atomic E-state index is 13.9. The average molecular weight is 745 g/mol. The third-order valence-corrected chi connectivity index (χ3v) is 8.26. The summed E-state index contributed by atoms with van der Waals surface area (Å²) in [6, 6.07) is 7.39. The molecule has 0 bridgehead atoms. The molecule has 4 N–H and O–H groups in total. The number of benzene rings is 2. The number of likely N-dealkylation sites (N-methyl/N-ethyl adjacent to an activating group) is 1. The van der Waals surface area contributed by atoms with Gasteiger partial charge in [-0.15, -0.1) is 0 Å². The van der Waals surface area contributed by atoms with Crippen LogP contribution in [0, 0.1) is 11.6 Å². The van der Waals surface area contributed by atoms with Gasteiger partial charge in [-0.05, 0) is 63.3 Å². The Labute approximate surface area is 297 Å². The Morgan fingerprint density at radius 2 is 1.71 bits per heavy atom. The van der Waals surface area contributed by atoms with Gasteiger partial charge in [0.05, 0.1) is 28.1 Å². The molecule has 5 rings (SSSR count). The second kappa shape index (κ2) is 20.9. The SMILES string of the molecule is CNc1ccc(C(=O)N2CCN(C)CC2)c(Cl)c1.Cn1c(-c2ccc(OC(F)F)c(F)c2F)cnc1C=O.O=CCC1(O)CCNCC1.O=CO. The van der Waals surface area contributed by atoms with Crippen molar-refractivity contribution in [1.29, 1.82) is 0 Å². The van der Waals surface area contributed by atoms with Crippen LogP contribution in [0.25, 0.3) is 11.3 Å². The number of hydrogen-bond donors (Lipinski definition) is 4. The van der Waals surface area contributed by atoms with Crippen LogP contribution in [0.4, 0.5) is 23.2 Å². The largest absolute Gasteiger partial charge is 0.483 e. The number of halogens is 5. The van der Waals surface area contributed by atoms with E-state index in [4.69, 9.17) is 21.5 Å². The predicted molar refractivity (Wildman–Crippen MR) is 181 cm³/mol. The van der Waals surface area contributed by atoms with E-state index in [9.17, 15) is 37.1 Å². The highest BCUT2D eigenvalue weighted by Gasteiger charge is 2.28. The van der Waals surface area contributed by atoms with Gasteiger partial charge in [-0.25, -0.2) is 9.37 Å². The number of alkyl halides is 2. The number of hydrogen-bond acceptors (Lipinski definition) is 10. The molecule has 1 aromatic heterocycles. The third kappa shape index (κ3) is 12.6. The Bertz CT molecular complexity index is 1600. The summed E-state index contributed by atoms with van der Waals surface area (Å²) in [5, 5.41) is 23.1. The van der Waals surface area contributed by atoms with Crippen LogP contribution in [-0.4, -0.2) is 120 Å². The van der Waals surface area contributed by atoms with Gasteiger partial charge < -0.3 is 44.7 Å². The molecule has 13 nitrogen and oxygen atoms in total. The molecule has 1 amide bonds. The normalized spacial score (nSPS) is 15.1. The van der Waals surface area contributed by atoms with Crippen molar-refractivity contribution >= 4 is 42.2 Å². The molecular formula is C33H41ClF4N6O7. The van der Waals surface area contributed by atoms with E-state index in [-0.39, 0.29) is 35.9 Å². The van der Waals surface area contributed by atoms with Crippen LogP contribution in [0.2, 0.25) is 5.02 Å². The zero-order chi connectivity index (χ0) is 38.1. The molecule has 0 radical (unpaired) electrons. The summed E-state index contributed by atoms with van der Waals surface area (Å²) in [5.41, 5.74) is 0.710. The van der Waals surface area contributed by atoms with Gasteiger partial charge in [-0.1, -0.05) is 11.6 Å². The zero-order valence-electron chi connectivity index (χ0n) is 28.3. The third-order valence-electron chi connectivity index (χ3n) is 7.94. The standard InChI is InChI=1S/C13H18ClN3O.C12H8F4N2O2.C7H13NO2.CH2O2/c1-15-10-3-4-11(12(14)9-10)13(18)17-7-5-16(2)6-8-17;1-18-7(4-17-9(18)5-19)6-2-3-8(20-12(15)16)11(14)10(6)13;9-6-3-7(10)1-4-8-5-2-7;2-1-3/h3-4,9,15H,5-8H2,1-2H3;2-5,12H,1H3;6,8,10H,1-5H2;1H,(H,2,3). The fraction of sp³-hybridized carbons (Fsp3) is 0.424. The minimum Gasteiger partial charge on any atom is -0.483 e. The minimum absolute atomic E-state index is 0.0210. The average Bonchev–Trinajstić information content (AvgIpc) is 3.47. The van der Waals surface area contributed by atoms with Crippen molar-refractivity contribution in [2.24, 2.45) is 7.05 Å². The van der Waals surface area contributed by atoms with Gasteiger partial charge in [0, 0.05) is 57.9 Å². The van der Waals surface area contributed by atoms with Crippen molar-refractivity contribution in [2.45, 2.75) is 31.5 Å². The van der Waals surface area contributed by atoms with Crippen LogP contribution in [0.3, 0.4) is 0 Å². The number of amides is 1. The van der Waals surface area contributed by atoms with Crippen LogP contribution in [-0.2, 0) is 16.6 Å². The van der Waals surface area contributed by atoms with Crippen LogP contribution in [0.1, 0.15) is 40.2 Å². The highest BCUT2D eigenvalue weighted by molar-refractivity contribution is 6.34. The van der Waals surface area contributed by atoms with Gasteiger partial charge >= 0.3 is 6.61 Å². The van der Waals surface area contributed by atoms with Gasteiger partial charge in [-0.3, -0.25) is 14.4 Å². The summed E-state index contributed by atoms with van der Waals surface area (Å²) in [6.07, 6.45) is 4.11. The lowest BCUT2D eigenvalue weighted by atomic mass is 9.90. The summed E-state index contributed by atoms with van der Waals surface area (Å²) in [6.45, 7) is 1.50. The van der Waals surface area contributed by atoms with Gasteiger partial charge in [0.25, 0.3) is 12.4 Å². The molecule has 18 heteroatoms. The molecule has 0 unspecified atom stereocenters. The Kier molecular flexibility index (Phi) is 17.5. The van der Waals surface area contributed by atoms with Crippen molar-refractivity contribution in [1.82, 2.24) is 24.7 Å². The lowest BCUT2D eigenvalue weighted by molar-refractivity contribution is -0.123. The number of rotatable bonds is 8. The highest BCUT2D eigenvalue weighted by Crippen LogP contribution is 2.30. The molecule has 51 heavy (non-hydrogen) atoms. The number of imidazole rings is 1. The van der Waals surface area contributed by atoms with Crippen molar-refractivity contribution in [3.05, 3.63) is 64.6 Å². The molecule has 2 saturated heterocycles. The Morgan fingerprint density at radius 1 is 1.08 bits per heavy atom. The molecular weight excluding hydrogens is 704 g/mol. The fourth-order valence-electron chi connectivity index (χ4n) is 4.98. The van der Waals surface area contributed by atoms with E-state index in [0.717, 1.165) is 63.4 Å². The van der Waals surface area contributed by atoms with Gasteiger partial charge in [0.15, 0.2) is 23.7 Å². The quantitative estimate of drug-likeness (QED) is 0.195. The molecule has 0 atom stereocenters. The molecule has 2 aliphatic rings. The molecule has 280 valence electrons. The first kappa shape index (κ1) is 42.6. The van der Waals surface area contributed by atoms with Crippen molar-refractivity contribution < 1.29 is 51.7 Å². The van der Waals surface area contributed by atoms with Gasteiger partial charge in [-0.2, -0.15) is 13.2 Å². The van der Waals surface area contributed by atoms with Crippen molar-refractivity contribution in [3.8, 4) is 17.0 Å². The zero-order valence-corrected chi connectivity index (χ0v) is 29.0. The first-order valence-corrected chi connectivity index (χ1v) is 15.9. The number of aliphatic hydroxyl groups is 1. The maximum Gasteiger partial charge on any atom is 0.387 e. The number of anilines is 1. The molecule has 3 aromatic rings. The molecule has 2 aromatic carbocycles. The Hall–Kier alpha value is -4.58. The van der Waals surface area contributed by atoms with Crippen molar-refractivity contribution in [2.75, 3.05) is 58.7 Å². The number of nitrogens with zero attached hydrogens (tertiary/aromatic N) is 4. The second-order valence-corrected chi connectivity index (χ2v) is 11.7. The number of piperidine rings is 1.